The maximum atomic E-state index is 2.38. The molecule has 5 heavy (non-hydrogen) atoms. The molecule has 0 aromatic rings. The van der Waals surface area contributed by atoms with Gasteiger partial charge in [-0.15, -0.1) is 0 Å². The second kappa shape index (κ2) is 1.29. The molecule has 0 saturated carbocycles. The van der Waals surface area contributed by atoms with Crippen LogP contribution in [0.4, 0.5) is 0 Å². The molecule has 0 fully saturated rings. The summed E-state index contributed by atoms with van der Waals surface area (Å²) >= 11 is -0.282. The molecule has 0 N–H and O–H groups in total. The van der Waals surface area contributed by atoms with Gasteiger partial charge in [0.15, 0.2) is 0 Å². The van der Waals surface area contributed by atoms with Gasteiger partial charge in [0.2, 0.25) is 0 Å². The van der Waals surface area contributed by atoms with Crippen LogP contribution in [0.25, 0.3) is 0 Å². The summed E-state index contributed by atoms with van der Waals surface area (Å²) in [6.45, 7) is 2.27. The molecule has 30 valence electrons. The molecule has 0 aromatic heterocycles. The Labute approximate surface area is 39.6 Å². The average Bonchev–Trinajstić information content (AvgIpc) is 2.12. The summed E-state index contributed by atoms with van der Waals surface area (Å²) in [5, 5.41) is 0. The van der Waals surface area contributed by atoms with E-state index in [0.717, 1.165) is 0 Å². The van der Waals surface area contributed by atoms with E-state index in [9.17, 15) is 0 Å². The van der Waals surface area contributed by atoms with E-state index in [1.165, 1.54) is 4.43 Å². The Kier molecular flexibility index (Phi) is 0.939. The number of alkyl halides is 1. The fourth-order valence-electron chi connectivity index (χ4n) is 0.212. The Hall–Kier alpha value is 0.470. The van der Waals surface area contributed by atoms with Crippen molar-refractivity contribution in [3.8, 4) is 0 Å². The van der Waals surface area contributed by atoms with Gasteiger partial charge in [0.25, 0.3) is 0 Å². The summed E-state index contributed by atoms with van der Waals surface area (Å²) in [5.41, 5.74) is 0. The minimum atomic E-state index is -0.282. The molecule has 0 bridgehead atoms. The van der Waals surface area contributed by atoms with E-state index >= 15 is 0 Å². The van der Waals surface area contributed by atoms with Crippen LogP contribution in [0.3, 0.4) is 0 Å². The van der Waals surface area contributed by atoms with Crippen molar-refractivity contribution in [2.75, 3.05) is 4.43 Å². The second-order valence-electron chi connectivity index (χ2n) is 0.954. The zero-order valence-electron chi connectivity index (χ0n) is 3.24. The summed E-state index contributed by atoms with van der Waals surface area (Å²) in [4.78, 5) is 0. The summed E-state index contributed by atoms with van der Waals surface area (Å²) in [6.07, 6.45) is 0. The third kappa shape index (κ3) is 0.911. The monoisotopic (exact) mass is 182 g/mol. The third-order valence-electron chi connectivity index (χ3n) is 0.613. The van der Waals surface area contributed by atoms with Crippen LogP contribution in [0.2, 0.25) is 0 Å². The molecule has 1 heterocycles. The summed E-state index contributed by atoms with van der Waals surface area (Å²) < 4.78 is 6.22. The Morgan fingerprint density at radius 2 is 2.20 bits per heavy atom. The zero-order valence-corrected chi connectivity index (χ0v) is 5.40. The molecule has 0 radical (unpaired) electrons. The van der Waals surface area contributed by atoms with Gasteiger partial charge in [0.05, 0.1) is 0 Å². The standard InChI is InChI=1S/C4H7I/c1-2-5-3-4-5/h3-4H,2H2,1H3. The molecule has 1 rings (SSSR count). The molecule has 0 spiro atoms. The Bertz CT molecular complexity index is 50.7. The average molecular weight is 182 g/mol. The van der Waals surface area contributed by atoms with Gasteiger partial charge >= 0.3 is 39.3 Å². The van der Waals surface area contributed by atoms with E-state index in [1.54, 1.807) is 0 Å². The van der Waals surface area contributed by atoms with E-state index in [2.05, 4.69) is 15.1 Å². The van der Waals surface area contributed by atoms with Crippen LogP contribution in [0.15, 0.2) is 8.17 Å². The molecule has 0 atom stereocenters. The summed E-state index contributed by atoms with van der Waals surface area (Å²) in [7, 11) is 0. The molecule has 0 unspecified atom stereocenters. The Morgan fingerprint density at radius 1 is 1.60 bits per heavy atom. The molecule has 0 amide bonds. The SMILES string of the molecule is CCI1C=C1. The van der Waals surface area contributed by atoms with Crippen molar-refractivity contribution in [2.45, 2.75) is 6.92 Å². The van der Waals surface area contributed by atoms with Gasteiger partial charge < -0.3 is 0 Å². The van der Waals surface area contributed by atoms with Crippen molar-refractivity contribution in [3.63, 3.8) is 0 Å². The van der Waals surface area contributed by atoms with E-state index in [4.69, 9.17) is 0 Å². The minimum absolute atomic E-state index is 0.282. The van der Waals surface area contributed by atoms with Gasteiger partial charge in [-0.1, -0.05) is 0 Å². The van der Waals surface area contributed by atoms with E-state index in [1.807, 2.05) is 0 Å². The number of rotatable bonds is 1. The van der Waals surface area contributed by atoms with E-state index < -0.39 is 0 Å². The molecule has 0 aliphatic carbocycles. The van der Waals surface area contributed by atoms with Crippen LogP contribution >= 0.6 is 19.8 Å². The van der Waals surface area contributed by atoms with E-state index in [0.29, 0.717) is 0 Å². The molecular formula is C4H7I. The van der Waals surface area contributed by atoms with Gasteiger partial charge in [0, 0.05) is 0 Å². The summed E-state index contributed by atoms with van der Waals surface area (Å²) in [5.74, 6) is 0. The van der Waals surface area contributed by atoms with E-state index in [-0.39, 0.29) is 19.8 Å². The fourth-order valence-corrected chi connectivity index (χ4v) is 2.71. The second-order valence-corrected chi connectivity index (χ2v) is 6.40. The fraction of sp³-hybridized carbons (Fsp3) is 0.500. The maximum absolute atomic E-state index is 2.38. The van der Waals surface area contributed by atoms with Crippen molar-refractivity contribution in [3.05, 3.63) is 8.17 Å². The van der Waals surface area contributed by atoms with Crippen LogP contribution in [0.1, 0.15) is 6.92 Å². The first kappa shape index (κ1) is 3.65. The van der Waals surface area contributed by atoms with Crippen LogP contribution in [0.5, 0.6) is 0 Å². The number of halogens is 1. The van der Waals surface area contributed by atoms with Gasteiger partial charge in [-0.25, -0.2) is 0 Å². The Morgan fingerprint density at radius 3 is 2.20 bits per heavy atom. The predicted molar refractivity (Wildman–Crippen MR) is 33.7 cm³/mol. The van der Waals surface area contributed by atoms with Gasteiger partial charge in [-0.2, -0.15) is 0 Å². The van der Waals surface area contributed by atoms with Crippen molar-refractivity contribution in [2.24, 2.45) is 0 Å². The van der Waals surface area contributed by atoms with Crippen LogP contribution in [-0.4, -0.2) is 4.43 Å². The molecular weight excluding hydrogens is 175 g/mol. The van der Waals surface area contributed by atoms with Crippen LogP contribution < -0.4 is 0 Å². The number of hydrogen-bond donors (Lipinski definition) is 0. The summed E-state index contributed by atoms with van der Waals surface area (Å²) in [6, 6.07) is 0. The van der Waals surface area contributed by atoms with Gasteiger partial charge in [-0.05, 0) is 0 Å². The first-order valence-electron chi connectivity index (χ1n) is 1.74. The molecule has 1 aliphatic heterocycles. The van der Waals surface area contributed by atoms with Crippen LogP contribution in [-0.2, 0) is 0 Å². The first-order valence-corrected chi connectivity index (χ1v) is 5.76. The predicted octanol–water partition coefficient (Wildman–Crippen LogP) is 2.00. The normalized spacial score (nSPS) is 23.8. The van der Waals surface area contributed by atoms with Crippen molar-refractivity contribution in [1.82, 2.24) is 0 Å². The van der Waals surface area contributed by atoms with Crippen molar-refractivity contribution in [1.29, 1.82) is 0 Å². The van der Waals surface area contributed by atoms with Gasteiger partial charge in [-0.3, -0.25) is 0 Å². The first-order chi connectivity index (χ1) is 2.43. The quantitative estimate of drug-likeness (QED) is 0.429. The molecule has 1 aliphatic rings. The third-order valence-corrected chi connectivity index (χ3v) is 4.11. The van der Waals surface area contributed by atoms with Crippen molar-refractivity contribution < 1.29 is 0 Å². The molecule has 1 heteroatoms. The molecule has 0 aromatic carbocycles. The van der Waals surface area contributed by atoms with Gasteiger partial charge in [0.1, 0.15) is 0 Å². The zero-order chi connectivity index (χ0) is 3.70. The van der Waals surface area contributed by atoms with Crippen molar-refractivity contribution >= 4 is 19.8 Å². The molecule has 0 nitrogen and oxygen atoms in total. The van der Waals surface area contributed by atoms with Crippen LogP contribution in [0, 0.1) is 0 Å². The molecule has 0 saturated heterocycles. The topological polar surface area (TPSA) is 0 Å². The Balaban J connectivity index is 2.06. The number of hydrogen-bond acceptors (Lipinski definition) is 0.